The first-order valence-corrected chi connectivity index (χ1v) is 5.25. The van der Waals surface area contributed by atoms with Crippen LogP contribution in [0.2, 0.25) is 0 Å². The molecule has 2 rings (SSSR count). The van der Waals surface area contributed by atoms with Gasteiger partial charge in [-0.2, -0.15) is 0 Å². The van der Waals surface area contributed by atoms with Crippen molar-refractivity contribution < 1.29 is 4.74 Å². The van der Waals surface area contributed by atoms with Crippen molar-refractivity contribution >= 4 is 5.82 Å². The number of ether oxygens (including phenoxy) is 1. The van der Waals surface area contributed by atoms with E-state index < -0.39 is 0 Å². The predicted octanol–water partition coefficient (Wildman–Crippen LogP) is 2.44. The zero-order valence-electron chi connectivity index (χ0n) is 8.49. The first-order chi connectivity index (χ1) is 6.88. The average molecular weight is 192 g/mol. The van der Waals surface area contributed by atoms with Crippen LogP contribution in [0.4, 0.5) is 5.82 Å². The minimum Gasteiger partial charge on any atom is -0.490 e. The van der Waals surface area contributed by atoms with Crippen LogP contribution in [0.15, 0.2) is 18.3 Å². The summed E-state index contributed by atoms with van der Waals surface area (Å²) in [5.41, 5.74) is 0. The van der Waals surface area contributed by atoms with E-state index in [1.54, 1.807) is 6.20 Å². The number of hydrogen-bond donors (Lipinski definition) is 1. The molecule has 0 atom stereocenters. The van der Waals surface area contributed by atoms with Crippen molar-refractivity contribution in [3.8, 4) is 5.75 Å². The minimum absolute atomic E-state index is 0.437. The maximum absolute atomic E-state index is 5.76. The molecule has 1 aliphatic rings. The molecule has 0 aromatic carbocycles. The summed E-state index contributed by atoms with van der Waals surface area (Å²) in [5, 5.41) is 3.17. The Balaban J connectivity index is 1.97. The van der Waals surface area contributed by atoms with E-state index in [0.29, 0.717) is 6.10 Å². The molecule has 1 saturated carbocycles. The third-order valence-corrected chi connectivity index (χ3v) is 2.44. The Morgan fingerprint density at radius 3 is 3.07 bits per heavy atom. The third kappa shape index (κ3) is 2.16. The molecule has 0 bridgehead atoms. The van der Waals surface area contributed by atoms with Gasteiger partial charge in [-0.1, -0.05) is 0 Å². The Morgan fingerprint density at radius 2 is 2.43 bits per heavy atom. The first-order valence-electron chi connectivity index (χ1n) is 5.25. The molecular formula is C11H16N2O. The lowest BCUT2D eigenvalue weighted by Gasteiger charge is -2.26. The molecule has 1 aromatic heterocycles. The van der Waals surface area contributed by atoms with Gasteiger partial charge in [0.15, 0.2) is 0 Å². The lowest BCUT2D eigenvalue weighted by molar-refractivity contribution is 0.120. The second kappa shape index (κ2) is 4.31. The van der Waals surface area contributed by atoms with Gasteiger partial charge in [-0.3, -0.25) is 0 Å². The fourth-order valence-electron chi connectivity index (χ4n) is 1.44. The highest BCUT2D eigenvalue weighted by atomic mass is 16.5. The third-order valence-electron chi connectivity index (χ3n) is 2.44. The zero-order chi connectivity index (χ0) is 9.80. The van der Waals surface area contributed by atoms with Gasteiger partial charge in [0, 0.05) is 18.8 Å². The van der Waals surface area contributed by atoms with Crippen LogP contribution in [0.3, 0.4) is 0 Å². The van der Waals surface area contributed by atoms with E-state index in [9.17, 15) is 0 Å². The van der Waals surface area contributed by atoms with Crippen molar-refractivity contribution in [1.29, 1.82) is 0 Å². The molecular weight excluding hydrogens is 176 g/mol. The van der Waals surface area contributed by atoms with Gasteiger partial charge in [0.25, 0.3) is 0 Å². The quantitative estimate of drug-likeness (QED) is 0.795. The summed E-state index contributed by atoms with van der Waals surface area (Å²) >= 11 is 0. The van der Waals surface area contributed by atoms with Crippen LogP contribution in [-0.2, 0) is 0 Å². The van der Waals surface area contributed by atoms with Crippen molar-refractivity contribution in [2.24, 2.45) is 0 Å². The molecule has 3 nitrogen and oxygen atoms in total. The van der Waals surface area contributed by atoms with E-state index in [4.69, 9.17) is 4.74 Å². The number of nitrogens with one attached hydrogen (secondary N) is 1. The number of rotatable bonds is 4. The molecule has 76 valence electrons. The van der Waals surface area contributed by atoms with Gasteiger partial charge in [0.05, 0.1) is 6.10 Å². The number of hydrogen-bond acceptors (Lipinski definition) is 3. The van der Waals surface area contributed by atoms with Gasteiger partial charge in [0.2, 0.25) is 0 Å². The van der Waals surface area contributed by atoms with E-state index >= 15 is 0 Å². The molecule has 14 heavy (non-hydrogen) atoms. The summed E-state index contributed by atoms with van der Waals surface area (Å²) in [5.74, 6) is 1.82. The second-order valence-corrected chi connectivity index (χ2v) is 3.58. The molecule has 0 spiro atoms. The maximum atomic E-state index is 5.76. The normalized spacial score (nSPS) is 16.1. The van der Waals surface area contributed by atoms with Crippen LogP contribution in [0, 0.1) is 0 Å². The summed E-state index contributed by atoms with van der Waals surface area (Å²) in [6.45, 7) is 2.95. The lowest BCUT2D eigenvalue weighted by atomic mass is 9.96. The smallest absolute Gasteiger partial charge is 0.129 e. The van der Waals surface area contributed by atoms with Crippen molar-refractivity contribution in [2.45, 2.75) is 32.3 Å². The van der Waals surface area contributed by atoms with Crippen LogP contribution < -0.4 is 10.1 Å². The van der Waals surface area contributed by atoms with E-state index in [1.165, 1.54) is 19.3 Å². The fraction of sp³-hybridized carbons (Fsp3) is 0.545. The Bertz CT molecular complexity index is 297. The van der Waals surface area contributed by atoms with Crippen LogP contribution in [0.1, 0.15) is 26.2 Å². The van der Waals surface area contributed by atoms with Crippen LogP contribution in [-0.4, -0.2) is 17.6 Å². The van der Waals surface area contributed by atoms with Crippen molar-refractivity contribution in [3.05, 3.63) is 18.3 Å². The number of anilines is 1. The number of nitrogens with zero attached hydrogens (tertiary/aromatic N) is 1. The molecule has 0 unspecified atom stereocenters. The standard InChI is InChI=1S/C11H16N2O/c1-2-12-11-8-10(6-7-13-11)14-9-4-3-5-9/h6-9H,2-5H2,1H3,(H,12,13). The minimum atomic E-state index is 0.437. The summed E-state index contributed by atoms with van der Waals surface area (Å²) in [6, 6.07) is 3.88. The summed E-state index contributed by atoms with van der Waals surface area (Å²) < 4.78 is 5.76. The van der Waals surface area contributed by atoms with Gasteiger partial charge >= 0.3 is 0 Å². The molecule has 0 aliphatic heterocycles. The molecule has 0 radical (unpaired) electrons. The Labute approximate surface area is 84.5 Å². The molecule has 3 heteroatoms. The van der Waals surface area contributed by atoms with Gasteiger partial charge in [0.1, 0.15) is 11.6 Å². The molecule has 0 saturated heterocycles. The van der Waals surface area contributed by atoms with Crippen LogP contribution in [0.5, 0.6) is 5.75 Å². The monoisotopic (exact) mass is 192 g/mol. The van der Waals surface area contributed by atoms with Crippen molar-refractivity contribution in [1.82, 2.24) is 4.98 Å². The van der Waals surface area contributed by atoms with Crippen molar-refractivity contribution in [3.63, 3.8) is 0 Å². The van der Waals surface area contributed by atoms with Gasteiger partial charge in [-0.15, -0.1) is 0 Å². The fourth-order valence-corrected chi connectivity index (χ4v) is 1.44. The summed E-state index contributed by atoms with van der Waals surface area (Å²) in [6.07, 6.45) is 5.91. The van der Waals surface area contributed by atoms with Crippen LogP contribution >= 0.6 is 0 Å². The number of pyridine rings is 1. The van der Waals surface area contributed by atoms with E-state index in [0.717, 1.165) is 18.1 Å². The largest absolute Gasteiger partial charge is 0.490 e. The molecule has 0 amide bonds. The first kappa shape index (κ1) is 9.31. The average Bonchev–Trinajstić information content (AvgIpc) is 2.13. The lowest BCUT2D eigenvalue weighted by Crippen LogP contribution is -2.24. The van der Waals surface area contributed by atoms with Gasteiger partial charge < -0.3 is 10.1 Å². The van der Waals surface area contributed by atoms with Crippen LogP contribution in [0.25, 0.3) is 0 Å². The molecule has 1 aromatic rings. The highest BCUT2D eigenvalue weighted by molar-refractivity contribution is 5.40. The highest BCUT2D eigenvalue weighted by Crippen LogP contribution is 2.25. The summed E-state index contributed by atoms with van der Waals surface area (Å²) in [4.78, 5) is 4.19. The Kier molecular flexibility index (Phi) is 2.87. The Hall–Kier alpha value is -1.25. The van der Waals surface area contributed by atoms with E-state index in [2.05, 4.69) is 17.2 Å². The van der Waals surface area contributed by atoms with E-state index in [1.807, 2.05) is 12.1 Å². The highest BCUT2D eigenvalue weighted by Gasteiger charge is 2.18. The number of aromatic nitrogens is 1. The topological polar surface area (TPSA) is 34.1 Å². The molecule has 1 N–H and O–H groups in total. The maximum Gasteiger partial charge on any atom is 0.129 e. The molecule has 1 heterocycles. The van der Waals surface area contributed by atoms with Gasteiger partial charge in [-0.05, 0) is 32.3 Å². The summed E-state index contributed by atoms with van der Waals surface area (Å²) in [7, 11) is 0. The van der Waals surface area contributed by atoms with Crippen molar-refractivity contribution in [2.75, 3.05) is 11.9 Å². The Morgan fingerprint density at radius 1 is 1.57 bits per heavy atom. The predicted molar refractivity (Wildman–Crippen MR) is 56.7 cm³/mol. The van der Waals surface area contributed by atoms with E-state index in [-0.39, 0.29) is 0 Å². The van der Waals surface area contributed by atoms with Gasteiger partial charge in [-0.25, -0.2) is 4.98 Å². The zero-order valence-corrected chi connectivity index (χ0v) is 8.49. The SMILES string of the molecule is CCNc1cc(OC2CCC2)ccn1. The molecule has 1 fully saturated rings. The molecule has 1 aliphatic carbocycles. The second-order valence-electron chi connectivity index (χ2n) is 3.58.